The standard InChI is InChI=1S/C21H31NO6/c1-5-26-17-11-14(8-9-16(17)28-13-18(23)24)20(25)22-12-15-7-6-10-27-19(15)21(2,3)4/h8-9,11,15,19H,5-7,10,12-13H2,1-4H3,(H,22,25)(H,23,24)/t15-,19+/m1/s1. The zero-order chi connectivity index (χ0) is 20.7. The molecule has 1 aromatic carbocycles. The first-order valence-corrected chi connectivity index (χ1v) is 9.73. The van der Waals surface area contributed by atoms with Gasteiger partial charge >= 0.3 is 5.97 Å². The van der Waals surface area contributed by atoms with Gasteiger partial charge in [-0.3, -0.25) is 4.79 Å². The Morgan fingerprint density at radius 2 is 2.00 bits per heavy atom. The largest absolute Gasteiger partial charge is 0.490 e. The monoisotopic (exact) mass is 393 g/mol. The van der Waals surface area contributed by atoms with Gasteiger partial charge < -0.3 is 24.6 Å². The first-order valence-electron chi connectivity index (χ1n) is 9.73. The quantitative estimate of drug-likeness (QED) is 0.705. The molecule has 2 N–H and O–H groups in total. The van der Waals surface area contributed by atoms with E-state index < -0.39 is 12.6 Å². The van der Waals surface area contributed by atoms with Crippen molar-refractivity contribution in [1.29, 1.82) is 0 Å². The Morgan fingerprint density at radius 1 is 1.25 bits per heavy atom. The van der Waals surface area contributed by atoms with Crippen molar-refractivity contribution in [2.45, 2.75) is 46.6 Å². The van der Waals surface area contributed by atoms with Crippen LogP contribution in [0.1, 0.15) is 50.9 Å². The number of rotatable bonds is 8. The van der Waals surface area contributed by atoms with Crippen LogP contribution in [0.5, 0.6) is 11.5 Å². The highest BCUT2D eigenvalue weighted by atomic mass is 16.5. The van der Waals surface area contributed by atoms with E-state index in [1.165, 1.54) is 0 Å². The minimum Gasteiger partial charge on any atom is -0.490 e. The Morgan fingerprint density at radius 3 is 2.64 bits per heavy atom. The van der Waals surface area contributed by atoms with Crippen LogP contribution in [-0.2, 0) is 9.53 Å². The number of amides is 1. The zero-order valence-electron chi connectivity index (χ0n) is 17.1. The molecule has 28 heavy (non-hydrogen) atoms. The van der Waals surface area contributed by atoms with E-state index in [1.807, 2.05) is 6.92 Å². The van der Waals surface area contributed by atoms with Crippen LogP contribution in [0.15, 0.2) is 18.2 Å². The minimum absolute atomic E-state index is 0.0150. The van der Waals surface area contributed by atoms with Crippen LogP contribution in [0.25, 0.3) is 0 Å². The summed E-state index contributed by atoms with van der Waals surface area (Å²) < 4.78 is 16.7. The van der Waals surface area contributed by atoms with Gasteiger partial charge in [-0.05, 0) is 43.4 Å². The van der Waals surface area contributed by atoms with E-state index in [-0.39, 0.29) is 23.3 Å². The number of benzene rings is 1. The predicted octanol–water partition coefficient (Wildman–Crippen LogP) is 3.12. The number of hydrogen-bond donors (Lipinski definition) is 2. The summed E-state index contributed by atoms with van der Waals surface area (Å²) in [5, 5.41) is 11.8. The van der Waals surface area contributed by atoms with Crippen LogP contribution >= 0.6 is 0 Å². The van der Waals surface area contributed by atoms with Gasteiger partial charge in [0.05, 0.1) is 12.7 Å². The average molecular weight is 393 g/mol. The molecule has 2 atom stereocenters. The summed E-state index contributed by atoms with van der Waals surface area (Å²) in [4.78, 5) is 23.3. The van der Waals surface area contributed by atoms with Crippen LogP contribution < -0.4 is 14.8 Å². The van der Waals surface area contributed by atoms with E-state index in [0.717, 1.165) is 19.4 Å². The molecule has 0 bridgehead atoms. The van der Waals surface area contributed by atoms with Crippen molar-refractivity contribution in [2.75, 3.05) is 26.4 Å². The molecule has 0 spiro atoms. The van der Waals surface area contributed by atoms with Crippen molar-refractivity contribution in [3.63, 3.8) is 0 Å². The SMILES string of the molecule is CCOc1cc(C(=O)NC[C@H]2CCCO[C@@H]2C(C)(C)C)ccc1OCC(=O)O. The second-order valence-corrected chi connectivity index (χ2v) is 8.05. The number of carbonyl (C=O) groups excluding carboxylic acids is 1. The van der Waals surface area contributed by atoms with Crippen LogP contribution in [0, 0.1) is 11.3 Å². The van der Waals surface area contributed by atoms with Crippen LogP contribution in [0.3, 0.4) is 0 Å². The van der Waals surface area contributed by atoms with Crippen molar-refractivity contribution in [1.82, 2.24) is 5.32 Å². The average Bonchev–Trinajstić information content (AvgIpc) is 2.64. The summed E-state index contributed by atoms with van der Waals surface area (Å²) in [7, 11) is 0. The van der Waals surface area contributed by atoms with Crippen molar-refractivity contribution in [3.8, 4) is 11.5 Å². The maximum Gasteiger partial charge on any atom is 0.341 e. The molecule has 0 radical (unpaired) electrons. The second kappa shape index (κ2) is 9.78. The van der Waals surface area contributed by atoms with E-state index >= 15 is 0 Å². The summed E-state index contributed by atoms with van der Waals surface area (Å²) in [6, 6.07) is 4.74. The van der Waals surface area contributed by atoms with Crippen molar-refractivity contribution >= 4 is 11.9 Å². The fraction of sp³-hybridized carbons (Fsp3) is 0.619. The van der Waals surface area contributed by atoms with E-state index in [9.17, 15) is 9.59 Å². The molecule has 0 aromatic heterocycles. The summed E-state index contributed by atoms with van der Waals surface area (Å²) >= 11 is 0. The van der Waals surface area contributed by atoms with Gasteiger partial charge in [-0.1, -0.05) is 20.8 Å². The molecule has 0 saturated carbocycles. The molecular weight excluding hydrogens is 362 g/mol. The van der Waals surface area contributed by atoms with Crippen molar-refractivity contribution in [2.24, 2.45) is 11.3 Å². The fourth-order valence-corrected chi connectivity index (χ4v) is 3.51. The zero-order valence-corrected chi connectivity index (χ0v) is 17.1. The van der Waals surface area contributed by atoms with Crippen LogP contribution in [0.2, 0.25) is 0 Å². The van der Waals surface area contributed by atoms with E-state index in [2.05, 4.69) is 26.1 Å². The lowest BCUT2D eigenvalue weighted by molar-refractivity contribution is -0.139. The highest BCUT2D eigenvalue weighted by Crippen LogP contribution is 2.34. The number of nitrogens with one attached hydrogen (secondary N) is 1. The number of hydrogen-bond acceptors (Lipinski definition) is 5. The van der Waals surface area contributed by atoms with Crippen LogP contribution in [-0.4, -0.2) is 49.5 Å². The third-order valence-electron chi connectivity index (χ3n) is 4.68. The number of carboxylic acid groups (broad SMARTS) is 1. The van der Waals surface area contributed by atoms with Gasteiger partial charge in [-0.25, -0.2) is 4.79 Å². The lowest BCUT2D eigenvalue weighted by Gasteiger charge is -2.40. The molecule has 0 aliphatic carbocycles. The number of aliphatic carboxylic acids is 1. The highest BCUT2D eigenvalue weighted by molar-refractivity contribution is 5.94. The van der Waals surface area contributed by atoms with Gasteiger partial charge in [0.25, 0.3) is 5.91 Å². The summed E-state index contributed by atoms with van der Waals surface area (Å²) in [5.41, 5.74) is 0.455. The number of carboxylic acids is 1. The Hall–Kier alpha value is -2.28. The molecular formula is C21H31NO6. The molecule has 156 valence electrons. The fourth-order valence-electron chi connectivity index (χ4n) is 3.51. The summed E-state index contributed by atoms with van der Waals surface area (Å²) in [6.45, 7) is 9.49. The first-order chi connectivity index (χ1) is 13.2. The third-order valence-corrected chi connectivity index (χ3v) is 4.68. The van der Waals surface area contributed by atoms with Gasteiger partial charge in [0, 0.05) is 24.6 Å². The molecule has 1 amide bonds. The molecule has 7 heteroatoms. The second-order valence-electron chi connectivity index (χ2n) is 8.05. The molecule has 1 fully saturated rings. The Kier molecular flexibility index (Phi) is 7.69. The molecule has 7 nitrogen and oxygen atoms in total. The van der Waals surface area contributed by atoms with Crippen LogP contribution in [0.4, 0.5) is 0 Å². The Labute approximate surface area is 166 Å². The lowest BCUT2D eigenvalue weighted by atomic mass is 9.78. The van der Waals surface area contributed by atoms with Gasteiger partial charge in [0.15, 0.2) is 18.1 Å². The highest BCUT2D eigenvalue weighted by Gasteiger charge is 2.35. The lowest BCUT2D eigenvalue weighted by Crippen LogP contribution is -2.45. The maximum atomic E-state index is 12.6. The van der Waals surface area contributed by atoms with Gasteiger partial charge in [0.1, 0.15) is 0 Å². The first kappa shape index (κ1) is 22.0. The van der Waals surface area contributed by atoms with Gasteiger partial charge in [-0.2, -0.15) is 0 Å². The van der Waals surface area contributed by atoms with E-state index in [0.29, 0.717) is 30.2 Å². The minimum atomic E-state index is -1.08. The summed E-state index contributed by atoms with van der Waals surface area (Å²) in [5.74, 6) is -0.363. The molecule has 1 heterocycles. The molecule has 2 rings (SSSR count). The molecule has 1 aromatic rings. The Balaban J connectivity index is 2.04. The molecule has 1 saturated heterocycles. The van der Waals surface area contributed by atoms with Gasteiger partial charge in [0.2, 0.25) is 0 Å². The number of ether oxygens (including phenoxy) is 3. The molecule has 1 aliphatic rings. The third kappa shape index (κ3) is 6.12. The molecule has 0 unspecified atom stereocenters. The Bertz CT molecular complexity index is 682. The van der Waals surface area contributed by atoms with E-state index in [1.54, 1.807) is 18.2 Å². The smallest absolute Gasteiger partial charge is 0.341 e. The summed E-state index contributed by atoms with van der Waals surface area (Å²) in [6.07, 6.45) is 2.12. The molecule has 1 aliphatic heterocycles. The number of carbonyl (C=O) groups is 2. The van der Waals surface area contributed by atoms with Gasteiger partial charge in [-0.15, -0.1) is 0 Å². The normalized spacial score (nSPS) is 19.7. The topological polar surface area (TPSA) is 94.1 Å². The van der Waals surface area contributed by atoms with E-state index in [4.69, 9.17) is 19.3 Å². The van der Waals surface area contributed by atoms with Crippen molar-refractivity contribution in [3.05, 3.63) is 23.8 Å². The van der Waals surface area contributed by atoms with Crippen molar-refractivity contribution < 1.29 is 28.9 Å². The maximum absolute atomic E-state index is 12.6. The predicted molar refractivity (Wildman–Crippen MR) is 105 cm³/mol.